The summed E-state index contributed by atoms with van der Waals surface area (Å²) in [5.41, 5.74) is 6.25. The molecule has 104 valence electrons. The molecule has 2 rings (SSSR count). The lowest BCUT2D eigenvalue weighted by molar-refractivity contribution is 0.103. The van der Waals surface area contributed by atoms with Crippen molar-refractivity contribution >= 4 is 27.4 Å². The van der Waals surface area contributed by atoms with Crippen LogP contribution in [0.2, 0.25) is 0 Å². The zero-order valence-corrected chi connectivity index (χ0v) is 12.4. The lowest BCUT2D eigenvalue weighted by atomic mass is 10.0. The summed E-state index contributed by atoms with van der Waals surface area (Å²) in [4.78, 5) is 12.4. The van der Waals surface area contributed by atoms with E-state index >= 15 is 0 Å². The van der Waals surface area contributed by atoms with Gasteiger partial charge in [-0.05, 0) is 59.3 Å². The van der Waals surface area contributed by atoms with Crippen LogP contribution in [0.15, 0.2) is 40.9 Å². The largest absolute Gasteiger partial charge is 0.494 e. The molecule has 0 saturated carbocycles. The first-order valence-electron chi connectivity index (χ1n) is 6.05. The fraction of sp³-hybridized carbons (Fsp3) is 0.133. The highest BCUT2D eigenvalue weighted by atomic mass is 79.9. The monoisotopic (exact) mass is 337 g/mol. The first-order chi connectivity index (χ1) is 9.52. The molecule has 5 heteroatoms. The third kappa shape index (κ3) is 2.99. The molecule has 0 aromatic heterocycles. The molecule has 3 nitrogen and oxygen atoms in total. The molecule has 0 aliphatic heterocycles. The molecule has 0 radical (unpaired) electrons. The number of rotatable bonds is 4. The van der Waals surface area contributed by atoms with Gasteiger partial charge >= 0.3 is 0 Å². The minimum Gasteiger partial charge on any atom is -0.494 e. The number of halogens is 2. The van der Waals surface area contributed by atoms with Crippen molar-refractivity contribution in [2.45, 2.75) is 6.92 Å². The average Bonchev–Trinajstić information content (AvgIpc) is 2.42. The predicted octanol–water partition coefficient (Wildman–Crippen LogP) is 3.80. The molecule has 0 unspecified atom stereocenters. The summed E-state index contributed by atoms with van der Waals surface area (Å²) in [6.07, 6.45) is 0. The zero-order chi connectivity index (χ0) is 14.7. The second kappa shape index (κ2) is 6.05. The number of carbonyl (C=O) groups is 1. The van der Waals surface area contributed by atoms with Crippen LogP contribution in [0.25, 0.3) is 0 Å². The number of hydrogen-bond acceptors (Lipinski definition) is 3. The molecule has 0 aliphatic carbocycles. The molecule has 2 aromatic rings. The highest BCUT2D eigenvalue weighted by Gasteiger charge is 2.14. The Morgan fingerprint density at radius 1 is 1.30 bits per heavy atom. The molecule has 0 saturated heterocycles. The molecule has 0 bridgehead atoms. The van der Waals surface area contributed by atoms with Crippen molar-refractivity contribution in [1.29, 1.82) is 0 Å². The first-order valence-corrected chi connectivity index (χ1v) is 6.84. The summed E-state index contributed by atoms with van der Waals surface area (Å²) in [5.74, 6) is -0.0894. The zero-order valence-electron chi connectivity index (χ0n) is 10.8. The Bertz CT molecular complexity index is 658. The van der Waals surface area contributed by atoms with Gasteiger partial charge in [0.15, 0.2) is 5.78 Å². The summed E-state index contributed by atoms with van der Waals surface area (Å²) in [7, 11) is 0. The van der Waals surface area contributed by atoms with E-state index in [-0.39, 0.29) is 11.5 Å². The van der Waals surface area contributed by atoms with Crippen molar-refractivity contribution in [3.05, 3.63) is 57.8 Å². The topological polar surface area (TPSA) is 52.3 Å². The van der Waals surface area contributed by atoms with E-state index in [0.717, 1.165) is 0 Å². The summed E-state index contributed by atoms with van der Waals surface area (Å²) < 4.78 is 19.1. The summed E-state index contributed by atoms with van der Waals surface area (Å²) in [5, 5.41) is 0. The number of nitrogen functional groups attached to an aromatic ring is 1. The maximum Gasteiger partial charge on any atom is 0.194 e. The maximum absolute atomic E-state index is 13.1. The molecule has 0 fully saturated rings. The Morgan fingerprint density at radius 3 is 2.65 bits per heavy atom. The van der Waals surface area contributed by atoms with E-state index in [1.807, 2.05) is 6.92 Å². The molecule has 0 amide bonds. The third-order valence-corrected chi connectivity index (χ3v) is 3.41. The number of hydrogen-bond donors (Lipinski definition) is 1. The molecular formula is C15H13BrFNO2. The lowest BCUT2D eigenvalue weighted by Crippen LogP contribution is -2.04. The van der Waals surface area contributed by atoms with E-state index in [1.165, 1.54) is 18.2 Å². The Balaban J connectivity index is 2.35. The number of nitrogens with two attached hydrogens (primary N) is 1. The van der Waals surface area contributed by atoms with E-state index in [9.17, 15) is 9.18 Å². The van der Waals surface area contributed by atoms with Crippen molar-refractivity contribution in [2.24, 2.45) is 0 Å². The highest BCUT2D eigenvalue weighted by molar-refractivity contribution is 9.10. The van der Waals surface area contributed by atoms with Crippen molar-refractivity contribution in [3.8, 4) is 5.75 Å². The number of anilines is 1. The molecule has 0 atom stereocenters. The minimum absolute atomic E-state index is 0.0436. The second-order valence-electron chi connectivity index (χ2n) is 4.14. The Morgan fingerprint density at radius 2 is 2.05 bits per heavy atom. The van der Waals surface area contributed by atoms with Gasteiger partial charge in [-0.25, -0.2) is 4.39 Å². The molecular weight excluding hydrogens is 325 g/mol. The van der Waals surface area contributed by atoms with Crippen LogP contribution in [0.5, 0.6) is 5.75 Å². The average molecular weight is 338 g/mol. The fourth-order valence-corrected chi connectivity index (χ4v) is 2.31. The summed E-state index contributed by atoms with van der Waals surface area (Å²) in [6.45, 7) is 2.43. The van der Waals surface area contributed by atoms with E-state index in [0.29, 0.717) is 28.0 Å². The van der Waals surface area contributed by atoms with E-state index < -0.39 is 5.82 Å². The minimum atomic E-state index is -0.535. The molecule has 0 aliphatic rings. The van der Waals surface area contributed by atoms with E-state index in [4.69, 9.17) is 10.5 Å². The van der Waals surface area contributed by atoms with Crippen LogP contribution in [-0.4, -0.2) is 12.4 Å². The van der Waals surface area contributed by atoms with E-state index in [1.54, 1.807) is 18.2 Å². The molecule has 20 heavy (non-hydrogen) atoms. The SMILES string of the molecule is CCOc1ccc(C(=O)c2ccc(F)c(N)c2)c(Br)c1. The van der Waals surface area contributed by atoms with Crippen LogP contribution in [-0.2, 0) is 0 Å². The van der Waals surface area contributed by atoms with Crippen molar-refractivity contribution in [2.75, 3.05) is 12.3 Å². The van der Waals surface area contributed by atoms with Gasteiger partial charge in [0.1, 0.15) is 11.6 Å². The molecule has 0 heterocycles. The third-order valence-electron chi connectivity index (χ3n) is 2.75. The van der Waals surface area contributed by atoms with Gasteiger partial charge in [0.05, 0.1) is 12.3 Å². The normalized spacial score (nSPS) is 10.3. The van der Waals surface area contributed by atoms with Crippen LogP contribution in [0, 0.1) is 5.82 Å². The lowest BCUT2D eigenvalue weighted by Gasteiger charge is -2.08. The molecule has 2 aromatic carbocycles. The second-order valence-corrected chi connectivity index (χ2v) is 4.99. The van der Waals surface area contributed by atoms with Crippen LogP contribution < -0.4 is 10.5 Å². The highest BCUT2D eigenvalue weighted by Crippen LogP contribution is 2.26. The van der Waals surface area contributed by atoms with Gasteiger partial charge in [0.2, 0.25) is 0 Å². The Labute approximate surface area is 124 Å². The first kappa shape index (κ1) is 14.5. The number of benzene rings is 2. The maximum atomic E-state index is 13.1. The van der Waals surface area contributed by atoms with Crippen molar-refractivity contribution in [1.82, 2.24) is 0 Å². The van der Waals surface area contributed by atoms with Gasteiger partial charge in [0.25, 0.3) is 0 Å². The van der Waals surface area contributed by atoms with Crippen LogP contribution in [0.1, 0.15) is 22.8 Å². The molecule has 2 N–H and O–H groups in total. The predicted molar refractivity (Wildman–Crippen MR) is 79.6 cm³/mol. The van der Waals surface area contributed by atoms with Gasteiger partial charge in [0, 0.05) is 15.6 Å². The Kier molecular flexibility index (Phi) is 4.39. The van der Waals surface area contributed by atoms with Crippen LogP contribution >= 0.6 is 15.9 Å². The number of ether oxygens (including phenoxy) is 1. The number of carbonyl (C=O) groups excluding carboxylic acids is 1. The summed E-state index contributed by atoms with van der Waals surface area (Å²) in [6, 6.07) is 9.04. The van der Waals surface area contributed by atoms with Gasteiger partial charge in [-0.2, -0.15) is 0 Å². The smallest absolute Gasteiger partial charge is 0.194 e. The molecule has 0 spiro atoms. The van der Waals surface area contributed by atoms with Crippen LogP contribution in [0.3, 0.4) is 0 Å². The number of ketones is 1. The van der Waals surface area contributed by atoms with Crippen molar-refractivity contribution < 1.29 is 13.9 Å². The van der Waals surface area contributed by atoms with Gasteiger partial charge in [-0.1, -0.05) is 0 Å². The summed E-state index contributed by atoms with van der Waals surface area (Å²) >= 11 is 3.34. The van der Waals surface area contributed by atoms with Gasteiger partial charge < -0.3 is 10.5 Å². The van der Waals surface area contributed by atoms with E-state index in [2.05, 4.69) is 15.9 Å². The quantitative estimate of drug-likeness (QED) is 0.681. The van der Waals surface area contributed by atoms with Gasteiger partial charge in [-0.15, -0.1) is 0 Å². The standard InChI is InChI=1S/C15H13BrFNO2/c1-2-20-10-4-5-11(12(16)8-10)15(19)9-3-6-13(17)14(18)7-9/h3-8H,2,18H2,1H3. The van der Waals surface area contributed by atoms with Gasteiger partial charge in [-0.3, -0.25) is 4.79 Å². The fourth-order valence-electron chi connectivity index (χ4n) is 1.78. The van der Waals surface area contributed by atoms with Crippen LogP contribution in [0.4, 0.5) is 10.1 Å². The van der Waals surface area contributed by atoms with Crippen molar-refractivity contribution in [3.63, 3.8) is 0 Å². The Hall–Kier alpha value is -1.88.